The molecule has 0 bridgehead atoms. The normalized spacial score (nSPS) is 20.1. The Hall–Kier alpha value is -3.28. The second-order valence-corrected chi connectivity index (χ2v) is 7.66. The molecule has 1 N–H and O–H groups in total. The summed E-state index contributed by atoms with van der Waals surface area (Å²) < 4.78 is 5.77. The lowest BCUT2D eigenvalue weighted by Crippen LogP contribution is -2.29. The van der Waals surface area contributed by atoms with E-state index in [1.807, 2.05) is 54.6 Å². The van der Waals surface area contributed by atoms with Crippen LogP contribution in [0.15, 0.2) is 64.0 Å². The zero-order valence-electron chi connectivity index (χ0n) is 15.6. The van der Waals surface area contributed by atoms with Gasteiger partial charge in [-0.15, -0.1) is 5.10 Å². The third-order valence-corrected chi connectivity index (χ3v) is 5.45. The fourth-order valence-electron chi connectivity index (χ4n) is 3.44. The molecule has 6 heteroatoms. The number of ketones is 1. The topological polar surface area (TPSA) is 80.4 Å². The van der Waals surface area contributed by atoms with Gasteiger partial charge in [-0.25, -0.2) is 0 Å². The maximum absolute atomic E-state index is 12.9. The summed E-state index contributed by atoms with van der Waals surface area (Å²) in [6.45, 7) is 2.10. The molecule has 0 saturated heterocycles. The summed E-state index contributed by atoms with van der Waals surface area (Å²) in [4.78, 5) is 17.7. The molecular formula is C22H20N4O2. The van der Waals surface area contributed by atoms with E-state index in [1.165, 1.54) is 0 Å². The van der Waals surface area contributed by atoms with Crippen LogP contribution in [-0.2, 0) is 16.6 Å². The molecule has 1 atom stereocenters. The molecule has 28 heavy (non-hydrogen) atoms. The number of hydrogen-bond donors (Lipinski definition) is 1. The van der Waals surface area contributed by atoms with Crippen LogP contribution in [-0.4, -0.2) is 27.9 Å². The maximum atomic E-state index is 12.9. The van der Waals surface area contributed by atoms with Crippen LogP contribution in [0.1, 0.15) is 42.3 Å². The Bertz CT molecular complexity index is 1070. The van der Waals surface area contributed by atoms with E-state index >= 15 is 0 Å². The van der Waals surface area contributed by atoms with Crippen LogP contribution in [0, 0.1) is 0 Å². The number of carbonyl (C=O) groups excluding carboxylic acids is 1. The average Bonchev–Trinajstić information content (AvgIpc) is 3.32. The van der Waals surface area contributed by atoms with Crippen molar-refractivity contribution in [2.45, 2.75) is 37.8 Å². The molecule has 2 heterocycles. The highest BCUT2D eigenvalue weighted by atomic mass is 16.4. The fourth-order valence-corrected chi connectivity index (χ4v) is 3.44. The van der Waals surface area contributed by atoms with Crippen molar-refractivity contribution < 1.29 is 9.21 Å². The molecule has 2 aliphatic rings. The van der Waals surface area contributed by atoms with Crippen LogP contribution in [0.3, 0.4) is 0 Å². The zero-order valence-corrected chi connectivity index (χ0v) is 15.6. The first-order valence-corrected chi connectivity index (χ1v) is 9.47. The Morgan fingerprint density at radius 1 is 1.04 bits per heavy atom. The first kappa shape index (κ1) is 16.9. The van der Waals surface area contributed by atoms with Crippen molar-refractivity contribution >= 4 is 17.5 Å². The van der Waals surface area contributed by atoms with Gasteiger partial charge in [0.15, 0.2) is 11.9 Å². The molecule has 0 spiro atoms. The first-order valence-electron chi connectivity index (χ1n) is 9.47. The minimum absolute atomic E-state index is 0.0188. The number of aromatic nitrogens is 2. The van der Waals surface area contributed by atoms with Crippen LogP contribution in [0.4, 0.5) is 6.01 Å². The smallest absolute Gasteiger partial charge is 0.317 e. The molecule has 5 rings (SSSR count). The van der Waals surface area contributed by atoms with Crippen LogP contribution >= 0.6 is 0 Å². The molecule has 0 unspecified atom stereocenters. The molecule has 0 amide bonds. The van der Waals surface area contributed by atoms with E-state index in [-0.39, 0.29) is 17.2 Å². The molecule has 1 saturated carbocycles. The first-order chi connectivity index (χ1) is 13.6. The zero-order chi connectivity index (χ0) is 19.1. The van der Waals surface area contributed by atoms with Gasteiger partial charge in [0.1, 0.15) is 0 Å². The maximum Gasteiger partial charge on any atom is 0.317 e. The predicted molar refractivity (Wildman–Crippen MR) is 106 cm³/mol. The molecule has 140 valence electrons. The monoisotopic (exact) mass is 372 g/mol. The number of rotatable bonds is 4. The lowest BCUT2D eigenvalue weighted by molar-refractivity contribution is -0.119. The van der Waals surface area contributed by atoms with Gasteiger partial charge in [0.2, 0.25) is 5.89 Å². The summed E-state index contributed by atoms with van der Waals surface area (Å²) in [5.74, 6) is 0.586. The largest absolute Gasteiger partial charge is 0.407 e. The van der Waals surface area contributed by atoms with E-state index in [0.29, 0.717) is 12.3 Å². The lowest BCUT2D eigenvalue weighted by atomic mass is 9.96. The van der Waals surface area contributed by atoms with Gasteiger partial charge in [0.05, 0.1) is 5.71 Å². The van der Waals surface area contributed by atoms with Crippen LogP contribution in [0.5, 0.6) is 0 Å². The van der Waals surface area contributed by atoms with Gasteiger partial charge >= 0.3 is 6.01 Å². The van der Waals surface area contributed by atoms with Crippen molar-refractivity contribution in [2.75, 3.05) is 5.32 Å². The Morgan fingerprint density at radius 2 is 1.79 bits per heavy atom. The lowest BCUT2D eigenvalue weighted by Gasteiger charge is -2.12. The van der Waals surface area contributed by atoms with Crippen LogP contribution in [0.2, 0.25) is 0 Å². The van der Waals surface area contributed by atoms with Crippen molar-refractivity contribution in [3.63, 3.8) is 0 Å². The van der Waals surface area contributed by atoms with E-state index in [9.17, 15) is 4.79 Å². The molecule has 1 aromatic heterocycles. The Labute approximate surface area is 162 Å². The second-order valence-electron chi connectivity index (χ2n) is 7.66. The Balaban J connectivity index is 1.53. The summed E-state index contributed by atoms with van der Waals surface area (Å²) in [5, 5.41) is 11.3. The number of carbonyl (C=O) groups is 1. The van der Waals surface area contributed by atoms with Crippen molar-refractivity contribution in [3.8, 4) is 0 Å². The minimum Gasteiger partial charge on any atom is -0.407 e. The summed E-state index contributed by atoms with van der Waals surface area (Å²) >= 11 is 0. The molecule has 1 aliphatic heterocycles. The quantitative estimate of drug-likeness (QED) is 0.758. The number of hydrogen-bond acceptors (Lipinski definition) is 6. The van der Waals surface area contributed by atoms with E-state index in [4.69, 9.17) is 9.41 Å². The second kappa shape index (κ2) is 6.41. The van der Waals surface area contributed by atoms with Crippen molar-refractivity contribution in [3.05, 3.63) is 77.2 Å². The third-order valence-electron chi connectivity index (χ3n) is 5.45. The molecule has 6 nitrogen and oxygen atoms in total. The number of anilines is 1. The van der Waals surface area contributed by atoms with E-state index in [2.05, 4.69) is 22.4 Å². The molecule has 1 aliphatic carbocycles. The fraction of sp³-hybridized carbons (Fsp3) is 0.273. The van der Waals surface area contributed by atoms with Gasteiger partial charge in [-0.1, -0.05) is 66.6 Å². The van der Waals surface area contributed by atoms with Crippen molar-refractivity contribution in [2.24, 2.45) is 4.99 Å². The Kier molecular flexibility index (Phi) is 3.86. The highest BCUT2D eigenvalue weighted by molar-refractivity contribution is 6.16. The number of nitrogens with zero attached hydrogens (tertiary/aromatic N) is 3. The number of aliphatic imine (C=N–C) groups is 1. The standard InChI is InChI=1S/C22H20N4O2/c1-22(11-12-22)20-25-26-21(28-20)24-19-17(27)13-15-9-5-6-10-16(15)18(23-19)14-7-3-2-4-8-14/h2-10,19H,11-13H2,1H3,(H,24,26)/t19-/m1/s1. The van der Waals surface area contributed by atoms with Gasteiger partial charge in [-0.3, -0.25) is 9.79 Å². The van der Waals surface area contributed by atoms with Crippen molar-refractivity contribution in [1.82, 2.24) is 10.2 Å². The minimum atomic E-state index is -0.775. The van der Waals surface area contributed by atoms with E-state index in [1.54, 1.807) is 0 Å². The summed E-state index contributed by atoms with van der Waals surface area (Å²) in [7, 11) is 0. The van der Waals surface area contributed by atoms with Crippen LogP contribution in [0.25, 0.3) is 0 Å². The summed E-state index contributed by atoms with van der Waals surface area (Å²) in [5.41, 5.74) is 3.68. The number of Topliss-reactive ketones (excluding diaryl/α,β-unsaturated/α-hetero) is 1. The van der Waals surface area contributed by atoms with E-state index in [0.717, 1.165) is 35.2 Å². The molecule has 3 aromatic rings. The van der Waals surface area contributed by atoms with Crippen LogP contribution < -0.4 is 5.32 Å². The van der Waals surface area contributed by atoms with Gasteiger partial charge < -0.3 is 9.73 Å². The molecular weight excluding hydrogens is 352 g/mol. The van der Waals surface area contributed by atoms with Gasteiger partial charge in [-0.2, -0.15) is 0 Å². The van der Waals surface area contributed by atoms with E-state index < -0.39 is 6.17 Å². The molecule has 2 aromatic carbocycles. The van der Waals surface area contributed by atoms with Crippen molar-refractivity contribution in [1.29, 1.82) is 0 Å². The SMILES string of the molecule is CC1(c2nnc(N[C@H]3N=C(c4ccccc4)c4ccccc4CC3=O)o2)CC1. The summed E-state index contributed by atoms with van der Waals surface area (Å²) in [6, 6.07) is 18.0. The predicted octanol–water partition coefficient (Wildman–Crippen LogP) is 3.52. The van der Waals surface area contributed by atoms with Gasteiger partial charge in [0, 0.05) is 23.0 Å². The third kappa shape index (κ3) is 3.01. The highest BCUT2D eigenvalue weighted by Gasteiger charge is 2.44. The summed E-state index contributed by atoms with van der Waals surface area (Å²) in [6.07, 6.45) is 1.61. The number of nitrogens with one attached hydrogen (secondary N) is 1. The number of fused-ring (bicyclic) bond motifs is 1. The Morgan fingerprint density at radius 3 is 2.57 bits per heavy atom. The average molecular weight is 372 g/mol. The van der Waals surface area contributed by atoms with Gasteiger partial charge in [0.25, 0.3) is 0 Å². The molecule has 1 fully saturated rings. The highest BCUT2D eigenvalue weighted by Crippen LogP contribution is 2.47. The number of benzene rings is 2. The van der Waals surface area contributed by atoms with Gasteiger partial charge in [-0.05, 0) is 18.4 Å². The molecule has 0 radical (unpaired) electrons.